The highest BCUT2D eigenvalue weighted by atomic mass is 32.2. The number of hydrogen-bond acceptors (Lipinski definition) is 5. The Bertz CT molecular complexity index is 1140. The maximum absolute atomic E-state index is 13.5. The quantitative estimate of drug-likeness (QED) is 0.353. The summed E-state index contributed by atoms with van der Waals surface area (Å²) in [7, 11) is -3.60. The highest BCUT2D eigenvalue weighted by Crippen LogP contribution is 2.23. The maximum atomic E-state index is 13.5. The molecule has 0 aliphatic rings. The summed E-state index contributed by atoms with van der Waals surface area (Å²) in [5.41, 5.74) is 1.17. The number of ether oxygens (including phenoxy) is 1. The Kier molecular flexibility index (Phi) is 12.0. The first-order chi connectivity index (χ1) is 18.0. The molecule has 0 heterocycles. The molecule has 1 N–H and O–H groups in total. The van der Waals surface area contributed by atoms with Gasteiger partial charge in [0.05, 0.1) is 18.6 Å². The van der Waals surface area contributed by atoms with E-state index >= 15 is 0 Å². The number of amides is 2. The topological polar surface area (TPSA) is 96.0 Å². The third-order valence-corrected chi connectivity index (χ3v) is 7.44. The fourth-order valence-corrected chi connectivity index (χ4v) is 4.99. The second-order valence-corrected chi connectivity index (χ2v) is 11.2. The molecule has 210 valence electrons. The molecule has 2 amide bonds. The maximum Gasteiger partial charge on any atom is 0.243 e. The molecule has 0 unspecified atom stereocenters. The molecule has 0 saturated carbocycles. The lowest BCUT2D eigenvalue weighted by Gasteiger charge is -2.32. The minimum Gasteiger partial charge on any atom is -0.494 e. The Balaban J connectivity index is 2.20. The number of benzene rings is 2. The van der Waals surface area contributed by atoms with Gasteiger partial charge >= 0.3 is 0 Å². The number of nitrogens with one attached hydrogen (secondary N) is 1. The van der Waals surface area contributed by atoms with Crippen molar-refractivity contribution in [3.63, 3.8) is 0 Å². The van der Waals surface area contributed by atoms with Gasteiger partial charge < -0.3 is 15.0 Å². The van der Waals surface area contributed by atoms with E-state index in [2.05, 4.69) is 5.32 Å². The zero-order chi connectivity index (χ0) is 28.3. The predicted molar refractivity (Wildman–Crippen MR) is 148 cm³/mol. The van der Waals surface area contributed by atoms with Crippen molar-refractivity contribution in [1.82, 2.24) is 10.2 Å². The Morgan fingerprint density at radius 3 is 2.16 bits per heavy atom. The van der Waals surface area contributed by atoms with Crippen molar-refractivity contribution in [2.45, 2.75) is 72.0 Å². The van der Waals surface area contributed by atoms with Gasteiger partial charge in [-0.2, -0.15) is 0 Å². The standard InChI is InChI=1S/C28H40FN3O5S/c1-6-21(4)30-28(34)26(7-2)31(20-22-11-13-23(29)14-12-22)27(33)10-9-19-32(38(5,35)36)24-15-17-25(18-16-24)37-8-3/h11-18,21,26H,6-10,19-20H2,1-5H3,(H,30,34)/t21-,26-/m0/s1. The van der Waals surface area contributed by atoms with Crippen LogP contribution in [0, 0.1) is 5.82 Å². The molecule has 0 fully saturated rings. The molecule has 2 aromatic rings. The molecule has 0 aliphatic carbocycles. The SMILES string of the molecule is CCOc1ccc(N(CCCC(=O)N(Cc2ccc(F)cc2)[C@@H](CC)C(=O)N[C@@H](C)CC)S(C)(=O)=O)cc1. The van der Waals surface area contributed by atoms with E-state index in [0.717, 1.165) is 12.7 Å². The molecule has 0 radical (unpaired) electrons. The largest absolute Gasteiger partial charge is 0.494 e. The van der Waals surface area contributed by atoms with Crippen LogP contribution in [0.2, 0.25) is 0 Å². The van der Waals surface area contributed by atoms with E-state index in [-0.39, 0.29) is 49.6 Å². The molecule has 0 spiro atoms. The van der Waals surface area contributed by atoms with E-state index in [0.29, 0.717) is 30.0 Å². The Labute approximate surface area is 226 Å². The zero-order valence-electron chi connectivity index (χ0n) is 22.9. The second-order valence-electron chi connectivity index (χ2n) is 9.26. The van der Waals surface area contributed by atoms with E-state index in [1.165, 1.54) is 21.3 Å². The van der Waals surface area contributed by atoms with Gasteiger partial charge in [-0.05, 0) is 75.1 Å². The average molecular weight is 550 g/mol. The summed E-state index contributed by atoms with van der Waals surface area (Å²) in [6.45, 7) is 8.30. The Hall–Kier alpha value is -3.14. The lowest BCUT2D eigenvalue weighted by Crippen LogP contribution is -2.50. The van der Waals surface area contributed by atoms with Crippen LogP contribution in [0.25, 0.3) is 0 Å². The molecular weight excluding hydrogens is 509 g/mol. The van der Waals surface area contributed by atoms with Gasteiger partial charge in [-0.25, -0.2) is 12.8 Å². The van der Waals surface area contributed by atoms with Crippen molar-refractivity contribution in [3.05, 3.63) is 59.9 Å². The fraction of sp³-hybridized carbons (Fsp3) is 0.500. The van der Waals surface area contributed by atoms with E-state index in [1.54, 1.807) is 36.4 Å². The van der Waals surface area contributed by atoms with Gasteiger partial charge in [-0.15, -0.1) is 0 Å². The number of hydrogen-bond donors (Lipinski definition) is 1. The minimum atomic E-state index is -3.60. The van der Waals surface area contributed by atoms with Crippen molar-refractivity contribution >= 4 is 27.5 Å². The predicted octanol–water partition coefficient (Wildman–Crippen LogP) is 4.49. The summed E-state index contributed by atoms with van der Waals surface area (Å²) in [6, 6.07) is 11.8. The van der Waals surface area contributed by atoms with Crippen molar-refractivity contribution in [2.75, 3.05) is 23.7 Å². The summed E-state index contributed by atoms with van der Waals surface area (Å²) in [4.78, 5) is 28.0. The van der Waals surface area contributed by atoms with Gasteiger partial charge in [0.25, 0.3) is 0 Å². The monoisotopic (exact) mass is 549 g/mol. The molecule has 0 bridgehead atoms. The van der Waals surface area contributed by atoms with Crippen LogP contribution in [0.4, 0.5) is 10.1 Å². The van der Waals surface area contributed by atoms with Gasteiger partial charge in [-0.3, -0.25) is 13.9 Å². The number of sulfonamides is 1. The fourth-order valence-electron chi connectivity index (χ4n) is 4.03. The third-order valence-electron chi connectivity index (χ3n) is 6.24. The molecule has 2 aromatic carbocycles. The van der Waals surface area contributed by atoms with Gasteiger partial charge in [0.15, 0.2) is 0 Å². The van der Waals surface area contributed by atoms with Crippen LogP contribution in [0.1, 0.15) is 58.9 Å². The van der Waals surface area contributed by atoms with Crippen molar-refractivity contribution in [1.29, 1.82) is 0 Å². The Morgan fingerprint density at radius 1 is 1.00 bits per heavy atom. The van der Waals surface area contributed by atoms with Gasteiger partial charge in [0.2, 0.25) is 21.8 Å². The molecule has 8 nitrogen and oxygen atoms in total. The van der Waals surface area contributed by atoms with Crippen LogP contribution in [-0.4, -0.2) is 56.6 Å². The molecule has 10 heteroatoms. The summed E-state index contributed by atoms with van der Waals surface area (Å²) in [5, 5.41) is 2.95. The van der Waals surface area contributed by atoms with Crippen molar-refractivity contribution in [2.24, 2.45) is 0 Å². The number of carbonyl (C=O) groups excluding carboxylic acids is 2. The molecule has 2 rings (SSSR count). The minimum absolute atomic E-state index is 0.0390. The van der Waals surface area contributed by atoms with Crippen LogP contribution in [0.15, 0.2) is 48.5 Å². The van der Waals surface area contributed by atoms with Crippen LogP contribution in [0.3, 0.4) is 0 Å². The van der Waals surface area contributed by atoms with Crippen LogP contribution in [0.5, 0.6) is 5.75 Å². The number of halogens is 1. The first kappa shape index (κ1) is 31.1. The van der Waals surface area contributed by atoms with Crippen LogP contribution in [-0.2, 0) is 26.2 Å². The summed E-state index contributed by atoms with van der Waals surface area (Å²) >= 11 is 0. The first-order valence-corrected chi connectivity index (χ1v) is 14.9. The van der Waals surface area contributed by atoms with Crippen LogP contribution < -0.4 is 14.4 Å². The summed E-state index contributed by atoms with van der Waals surface area (Å²) in [6.07, 6.45) is 2.57. The van der Waals surface area contributed by atoms with E-state index < -0.39 is 16.1 Å². The third kappa shape index (κ3) is 9.31. The zero-order valence-corrected chi connectivity index (χ0v) is 23.8. The van der Waals surface area contributed by atoms with E-state index in [1.807, 2.05) is 27.7 Å². The van der Waals surface area contributed by atoms with E-state index in [4.69, 9.17) is 4.74 Å². The van der Waals surface area contributed by atoms with Gasteiger partial charge in [0, 0.05) is 25.6 Å². The molecule has 0 saturated heterocycles. The van der Waals surface area contributed by atoms with Gasteiger partial charge in [0.1, 0.15) is 17.6 Å². The molecular formula is C28H40FN3O5S. The molecule has 2 atom stereocenters. The summed E-state index contributed by atoms with van der Waals surface area (Å²) in [5.74, 6) is -0.272. The molecule has 0 aromatic heterocycles. The average Bonchev–Trinajstić information content (AvgIpc) is 2.87. The number of anilines is 1. The lowest BCUT2D eigenvalue weighted by atomic mass is 10.1. The first-order valence-electron chi connectivity index (χ1n) is 13.0. The Morgan fingerprint density at radius 2 is 1.63 bits per heavy atom. The normalized spacial score (nSPS) is 12.9. The van der Waals surface area contributed by atoms with Crippen molar-refractivity contribution in [3.8, 4) is 5.75 Å². The van der Waals surface area contributed by atoms with Gasteiger partial charge in [-0.1, -0.05) is 26.0 Å². The number of nitrogens with zero attached hydrogens (tertiary/aromatic N) is 2. The second kappa shape index (κ2) is 14.7. The molecule has 38 heavy (non-hydrogen) atoms. The highest BCUT2D eigenvalue weighted by molar-refractivity contribution is 7.92. The number of rotatable bonds is 15. The van der Waals surface area contributed by atoms with Crippen molar-refractivity contribution < 1.29 is 27.1 Å². The molecule has 0 aliphatic heterocycles. The smallest absolute Gasteiger partial charge is 0.243 e. The number of carbonyl (C=O) groups is 2. The highest BCUT2D eigenvalue weighted by Gasteiger charge is 2.29. The summed E-state index contributed by atoms with van der Waals surface area (Å²) < 4.78 is 45.2. The van der Waals surface area contributed by atoms with Crippen LogP contribution >= 0.6 is 0 Å². The lowest BCUT2D eigenvalue weighted by molar-refractivity contribution is -0.141. The van der Waals surface area contributed by atoms with E-state index in [9.17, 15) is 22.4 Å².